The van der Waals surface area contributed by atoms with Gasteiger partial charge in [0.1, 0.15) is 23.4 Å². The van der Waals surface area contributed by atoms with Crippen molar-refractivity contribution in [1.29, 1.82) is 0 Å². The van der Waals surface area contributed by atoms with Crippen LogP contribution in [0.1, 0.15) is 49.9 Å². The molecule has 2 rings (SSSR count). The Balaban J connectivity index is 2.10. The fraction of sp³-hybridized carbons (Fsp3) is 0.696. The SMILES string of the molecule is COCCC(NC(=O)c1cc(C)on1)C(=O)NC(COC)C(=O)NC(CC(C)C)C(=O)C1(C)CO1. The maximum Gasteiger partial charge on any atom is 0.274 e. The minimum Gasteiger partial charge on any atom is -0.385 e. The van der Waals surface area contributed by atoms with Gasteiger partial charge in [0, 0.05) is 26.9 Å². The molecule has 1 aliphatic rings. The number of nitrogens with zero attached hydrogens (tertiary/aromatic N) is 1. The zero-order valence-electron chi connectivity index (χ0n) is 21.1. The van der Waals surface area contributed by atoms with Crippen LogP contribution < -0.4 is 16.0 Å². The Labute approximate surface area is 204 Å². The number of amides is 3. The minimum absolute atomic E-state index is 0.0229. The number of ether oxygens (including phenoxy) is 3. The van der Waals surface area contributed by atoms with E-state index in [1.54, 1.807) is 13.8 Å². The molecule has 3 amide bonds. The molecular weight excluding hydrogens is 460 g/mol. The summed E-state index contributed by atoms with van der Waals surface area (Å²) in [6, 6.07) is -1.44. The van der Waals surface area contributed by atoms with Gasteiger partial charge in [-0.2, -0.15) is 0 Å². The van der Waals surface area contributed by atoms with Gasteiger partial charge in [0.25, 0.3) is 5.91 Å². The number of ketones is 1. The van der Waals surface area contributed by atoms with Crippen LogP contribution in [0, 0.1) is 12.8 Å². The summed E-state index contributed by atoms with van der Waals surface area (Å²) in [5.41, 5.74) is -0.878. The topological polar surface area (TPSA) is 161 Å². The van der Waals surface area contributed by atoms with Crippen LogP contribution in [0.5, 0.6) is 0 Å². The number of carbonyl (C=O) groups excluding carboxylic acids is 4. The molecule has 1 aromatic rings. The number of hydrogen-bond acceptors (Lipinski definition) is 9. The highest BCUT2D eigenvalue weighted by Gasteiger charge is 2.50. The highest BCUT2D eigenvalue weighted by molar-refractivity contribution is 5.99. The second kappa shape index (κ2) is 12.8. The van der Waals surface area contributed by atoms with Crippen LogP contribution in [-0.2, 0) is 28.6 Å². The van der Waals surface area contributed by atoms with Crippen molar-refractivity contribution in [3.8, 4) is 0 Å². The molecule has 0 radical (unpaired) electrons. The maximum atomic E-state index is 13.1. The summed E-state index contributed by atoms with van der Waals surface area (Å²) < 4.78 is 20.3. The van der Waals surface area contributed by atoms with E-state index >= 15 is 0 Å². The largest absolute Gasteiger partial charge is 0.385 e. The van der Waals surface area contributed by atoms with E-state index < -0.39 is 41.4 Å². The van der Waals surface area contributed by atoms with Crippen molar-refractivity contribution in [3.63, 3.8) is 0 Å². The van der Waals surface area contributed by atoms with Crippen molar-refractivity contribution in [2.24, 2.45) is 5.92 Å². The average Bonchev–Trinajstić information content (AvgIpc) is 3.40. The first-order valence-electron chi connectivity index (χ1n) is 11.5. The molecular formula is C23H36N4O8. The molecule has 1 aromatic heterocycles. The predicted octanol–water partition coefficient (Wildman–Crippen LogP) is 0.138. The lowest BCUT2D eigenvalue weighted by atomic mass is 9.93. The van der Waals surface area contributed by atoms with Gasteiger partial charge < -0.3 is 34.7 Å². The van der Waals surface area contributed by atoms with E-state index in [2.05, 4.69) is 21.1 Å². The van der Waals surface area contributed by atoms with E-state index in [1.165, 1.54) is 20.3 Å². The molecule has 35 heavy (non-hydrogen) atoms. The first-order chi connectivity index (χ1) is 16.5. The smallest absolute Gasteiger partial charge is 0.274 e. The van der Waals surface area contributed by atoms with Gasteiger partial charge in [-0.05, 0) is 32.6 Å². The van der Waals surface area contributed by atoms with Gasteiger partial charge >= 0.3 is 0 Å². The number of rotatable bonds is 15. The Bertz CT molecular complexity index is 896. The second-order valence-corrected chi connectivity index (χ2v) is 9.22. The van der Waals surface area contributed by atoms with Crippen LogP contribution in [0.4, 0.5) is 0 Å². The number of hydrogen-bond donors (Lipinski definition) is 3. The molecule has 4 unspecified atom stereocenters. The van der Waals surface area contributed by atoms with Crippen LogP contribution >= 0.6 is 0 Å². The maximum absolute atomic E-state index is 13.1. The third-order valence-electron chi connectivity index (χ3n) is 5.50. The van der Waals surface area contributed by atoms with Crippen molar-refractivity contribution in [2.45, 2.75) is 64.3 Å². The summed E-state index contributed by atoms with van der Waals surface area (Å²) in [5, 5.41) is 11.6. The molecule has 0 spiro atoms. The first kappa shape index (κ1) is 28.4. The summed E-state index contributed by atoms with van der Waals surface area (Å²) in [4.78, 5) is 51.4. The standard InChI is InChI=1S/C23H36N4O8/c1-13(2)9-16(19(28)23(4)12-34-23)25-22(31)18(11-33-6)26-20(29)15(7-8-32-5)24-21(30)17-10-14(3)35-27-17/h10,13,15-16,18H,7-9,11-12H2,1-6H3,(H,24,30)(H,25,31)(H,26,29). The summed E-state index contributed by atoms with van der Waals surface area (Å²) in [7, 11) is 2.86. The number of aromatic nitrogens is 1. The number of aryl methyl sites for hydroxylation is 1. The van der Waals surface area contributed by atoms with E-state index in [9.17, 15) is 19.2 Å². The van der Waals surface area contributed by atoms with Gasteiger partial charge in [-0.15, -0.1) is 0 Å². The highest BCUT2D eigenvalue weighted by atomic mass is 16.6. The third kappa shape index (κ3) is 8.41. The quantitative estimate of drug-likeness (QED) is 0.287. The van der Waals surface area contributed by atoms with Gasteiger partial charge in [-0.1, -0.05) is 19.0 Å². The normalized spacial score (nSPS) is 19.5. The molecule has 0 aliphatic carbocycles. The van der Waals surface area contributed by atoms with Crippen molar-refractivity contribution in [3.05, 3.63) is 17.5 Å². The lowest BCUT2D eigenvalue weighted by Gasteiger charge is -2.26. The fourth-order valence-corrected chi connectivity index (χ4v) is 3.43. The van der Waals surface area contributed by atoms with Crippen LogP contribution in [0.3, 0.4) is 0 Å². The van der Waals surface area contributed by atoms with Crippen LogP contribution in [0.2, 0.25) is 0 Å². The van der Waals surface area contributed by atoms with Gasteiger partial charge in [0.05, 0.1) is 19.3 Å². The van der Waals surface area contributed by atoms with Crippen LogP contribution in [0.15, 0.2) is 10.6 Å². The number of Topliss-reactive ketones (excluding diaryl/α,β-unsaturated/α-hetero) is 1. The third-order valence-corrected chi connectivity index (χ3v) is 5.50. The number of methoxy groups -OCH3 is 2. The lowest BCUT2D eigenvalue weighted by molar-refractivity contribution is -0.134. The van der Waals surface area contributed by atoms with E-state index in [-0.39, 0.29) is 37.0 Å². The molecule has 0 bridgehead atoms. The Morgan fingerprint density at radius 3 is 2.20 bits per heavy atom. The summed E-state index contributed by atoms with van der Waals surface area (Å²) in [5.74, 6) is -1.43. The predicted molar refractivity (Wildman–Crippen MR) is 124 cm³/mol. The summed E-state index contributed by atoms with van der Waals surface area (Å²) >= 11 is 0. The molecule has 1 saturated heterocycles. The molecule has 12 nitrogen and oxygen atoms in total. The lowest BCUT2D eigenvalue weighted by Crippen LogP contribution is -2.58. The van der Waals surface area contributed by atoms with Gasteiger partial charge in [0.15, 0.2) is 11.5 Å². The Hall–Kier alpha value is -2.83. The van der Waals surface area contributed by atoms with Crippen molar-refractivity contribution < 1.29 is 37.9 Å². The molecule has 1 fully saturated rings. The zero-order chi connectivity index (χ0) is 26.2. The van der Waals surface area contributed by atoms with Gasteiger partial charge in [-0.3, -0.25) is 19.2 Å². The first-order valence-corrected chi connectivity index (χ1v) is 11.5. The molecule has 196 valence electrons. The van der Waals surface area contributed by atoms with Crippen molar-refractivity contribution in [1.82, 2.24) is 21.1 Å². The van der Waals surface area contributed by atoms with Crippen LogP contribution in [0.25, 0.3) is 0 Å². The second-order valence-electron chi connectivity index (χ2n) is 9.22. The van der Waals surface area contributed by atoms with E-state index in [0.29, 0.717) is 18.8 Å². The summed E-state index contributed by atoms with van der Waals surface area (Å²) in [6.07, 6.45) is 0.567. The Kier molecular flexibility index (Phi) is 10.3. The Morgan fingerprint density at radius 1 is 1.06 bits per heavy atom. The molecule has 2 heterocycles. The van der Waals surface area contributed by atoms with E-state index in [4.69, 9.17) is 18.7 Å². The average molecular weight is 497 g/mol. The number of nitrogens with one attached hydrogen (secondary N) is 3. The minimum atomic E-state index is -1.10. The van der Waals surface area contributed by atoms with Gasteiger partial charge in [-0.25, -0.2) is 0 Å². The molecule has 4 atom stereocenters. The van der Waals surface area contributed by atoms with Gasteiger partial charge in [0.2, 0.25) is 11.8 Å². The molecule has 12 heteroatoms. The van der Waals surface area contributed by atoms with Crippen molar-refractivity contribution in [2.75, 3.05) is 34.0 Å². The highest BCUT2D eigenvalue weighted by Crippen LogP contribution is 2.29. The van der Waals surface area contributed by atoms with Crippen LogP contribution in [-0.4, -0.2) is 86.4 Å². The molecule has 3 N–H and O–H groups in total. The molecule has 1 aliphatic heterocycles. The van der Waals surface area contributed by atoms with Crippen molar-refractivity contribution >= 4 is 23.5 Å². The fourth-order valence-electron chi connectivity index (χ4n) is 3.43. The van der Waals surface area contributed by atoms with E-state index in [1.807, 2.05) is 13.8 Å². The number of carbonyl (C=O) groups is 4. The molecule has 0 aromatic carbocycles. The monoisotopic (exact) mass is 496 g/mol. The summed E-state index contributed by atoms with van der Waals surface area (Å²) in [6.45, 7) is 7.55. The Morgan fingerprint density at radius 2 is 1.69 bits per heavy atom. The van der Waals surface area contributed by atoms with E-state index in [0.717, 1.165) is 0 Å². The number of epoxide rings is 1. The zero-order valence-corrected chi connectivity index (χ0v) is 21.1. The molecule has 0 saturated carbocycles.